The Kier molecular flexibility index (Phi) is 4.49. The van der Waals surface area contributed by atoms with Crippen LogP contribution in [-0.4, -0.2) is 16.8 Å². The summed E-state index contributed by atoms with van der Waals surface area (Å²) in [6, 6.07) is 9.31. The van der Waals surface area contributed by atoms with E-state index < -0.39 is 0 Å². The number of hydrogen-bond acceptors (Lipinski definition) is 3. The summed E-state index contributed by atoms with van der Waals surface area (Å²) in [5, 5.41) is 0. The van der Waals surface area contributed by atoms with Crippen molar-refractivity contribution in [3.8, 4) is 0 Å². The van der Waals surface area contributed by atoms with Gasteiger partial charge in [-0.3, -0.25) is 4.79 Å². The van der Waals surface area contributed by atoms with Gasteiger partial charge in [0.05, 0.1) is 11.8 Å². The third kappa shape index (κ3) is 3.22. The smallest absolute Gasteiger partial charge is 0.258 e. The first kappa shape index (κ1) is 14.7. The van der Waals surface area contributed by atoms with E-state index >= 15 is 0 Å². The molecule has 1 heterocycles. The maximum absolute atomic E-state index is 12.6. The first-order valence-electron chi connectivity index (χ1n) is 6.37. The second kappa shape index (κ2) is 6.13. The highest BCUT2D eigenvalue weighted by molar-refractivity contribution is 9.10. The molecule has 0 bridgehead atoms. The van der Waals surface area contributed by atoms with E-state index in [0.29, 0.717) is 22.5 Å². The van der Waals surface area contributed by atoms with E-state index in [1.54, 1.807) is 11.0 Å². The zero-order valence-corrected chi connectivity index (χ0v) is 13.1. The number of furan rings is 1. The number of nitrogens with zero attached hydrogens (tertiary/aromatic N) is 1. The normalized spacial score (nSPS) is 10.8. The molecule has 0 saturated heterocycles. The molecule has 0 saturated carbocycles. The quantitative estimate of drug-likeness (QED) is 0.866. The molecule has 0 fully saturated rings. The molecule has 0 radical (unpaired) electrons. The molecule has 1 aromatic carbocycles. The van der Waals surface area contributed by atoms with Gasteiger partial charge in [-0.25, -0.2) is 0 Å². The highest BCUT2D eigenvalue weighted by atomic mass is 79.9. The number of hydrogen-bond donors (Lipinski definition) is 1. The summed E-state index contributed by atoms with van der Waals surface area (Å²) in [6.45, 7) is 4.48. The summed E-state index contributed by atoms with van der Waals surface area (Å²) in [5.41, 5.74) is 8.01. The molecule has 2 rings (SSSR count). The Labute approximate surface area is 126 Å². The van der Waals surface area contributed by atoms with E-state index in [1.165, 1.54) is 6.26 Å². The number of halogens is 1. The highest BCUT2D eigenvalue weighted by Crippen LogP contribution is 2.22. The van der Waals surface area contributed by atoms with Crippen LogP contribution in [0, 0.1) is 0 Å². The fraction of sp³-hybridized carbons (Fsp3) is 0.267. The average Bonchev–Trinajstić information content (AvgIpc) is 2.81. The molecule has 0 spiro atoms. The minimum atomic E-state index is -0.0666. The van der Waals surface area contributed by atoms with E-state index in [1.807, 2.05) is 38.1 Å². The van der Waals surface area contributed by atoms with Gasteiger partial charge in [0, 0.05) is 18.3 Å². The van der Waals surface area contributed by atoms with Crippen LogP contribution in [0.2, 0.25) is 0 Å². The first-order valence-corrected chi connectivity index (χ1v) is 7.16. The van der Waals surface area contributed by atoms with Crippen LogP contribution < -0.4 is 5.73 Å². The van der Waals surface area contributed by atoms with Gasteiger partial charge in [0.15, 0.2) is 4.67 Å². The van der Waals surface area contributed by atoms with Gasteiger partial charge in [-0.2, -0.15) is 0 Å². The second-order valence-electron chi connectivity index (χ2n) is 4.88. The van der Waals surface area contributed by atoms with Gasteiger partial charge in [-0.1, -0.05) is 12.1 Å². The Morgan fingerprint density at radius 3 is 2.70 bits per heavy atom. The van der Waals surface area contributed by atoms with Crippen LogP contribution in [0.1, 0.15) is 29.8 Å². The molecule has 0 aliphatic heterocycles. The predicted octanol–water partition coefficient (Wildman–Crippen LogP) is 3.68. The van der Waals surface area contributed by atoms with E-state index in [0.717, 1.165) is 5.56 Å². The van der Waals surface area contributed by atoms with E-state index in [-0.39, 0.29) is 11.9 Å². The van der Waals surface area contributed by atoms with Crippen LogP contribution in [0.3, 0.4) is 0 Å². The summed E-state index contributed by atoms with van der Waals surface area (Å²) in [4.78, 5) is 14.3. The van der Waals surface area contributed by atoms with Crippen molar-refractivity contribution >= 4 is 27.5 Å². The van der Waals surface area contributed by atoms with Gasteiger partial charge in [0.2, 0.25) is 0 Å². The molecule has 2 aromatic rings. The van der Waals surface area contributed by atoms with Crippen molar-refractivity contribution in [2.24, 2.45) is 0 Å². The van der Waals surface area contributed by atoms with Crippen molar-refractivity contribution in [3.05, 3.63) is 52.4 Å². The van der Waals surface area contributed by atoms with Crippen LogP contribution in [-0.2, 0) is 6.54 Å². The molecule has 0 atom stereocenters. The molecule has 1 amide bonds. The van der Waals surface area contributed by atoms with Crippen molar-refractivity contribution in [2.45, 2.75) is 26.4 Å². The maximum Gasteiger partial charge on any atom is 0.258 e. The van der Waals surface area contributed by atoms with Gasteiger partial charge in [0.25, 0.3) is 5.91 Å². The van der Waals surface area contributed by atoms with Gasteiger partial charge >= 0.3 is 0 Å². The highest BCUT2D eigenvalue weighted by Gasteiger charge is 2.22. The molecular weight excluding hydrogens is 320 g/mol. The molecule has 2 N–H and O–H groups in total. The topological polar surface area (TPSA) is 59.5 Å². The largest absolute Gasteiger partial charge is 0.457 e. The third-order valence-corrected chi connectivity index (χ3v) is 3.65. The molecule has 1 aromatic heterocycles. The minimum absolute atomic E-state index is 0.0666. The fourth-order valence-electron chi connectivity index (χ4n) is 1.98. The van der Waals surface area contributed by atoms with Crippen molar-refractivity contribution in [3.63, 3.8) is 0 Å². The van der Waals surface area contributed by atoms with Gasteiger partial charge < -0.3 is 15.1 Å². The SMILES string of the molecule is CC(C)N(Cc1cccc(N)c1)C(=O)c1ccoc1Br. The monoisotopic (exact) mass is 336 g/mol. The lowest BCUT2D eigenvalue weighted by Crippen LogP contribution is -2.36. The number of carbonyl (C=O) groups excluding carboxylic acids is 1. The minimum Gasteiger partial charge on any atom is -0.457 e. The van der Waals surface area contributed by atoms with Gasteiger partial charge in [0.1, 0.15) is 0 Å². The molecular formula is C15H17BrN2O2. The Bertz CT molecular complexity index is 607. The molecule has 0 aliphatic carbocycles. The summed E-state index contributed by atoms with van der Waals surface area (Å²) >= 11 is 3.25. The number of nitrogens with two attached hydrogens (primary N) is 1. The van der Waals surface area contributed by atoms with E-state index in [4.69, 9.17) is 10.2 Å². The average molecular weight is 337 g/mol. The summed E-state index contributed by atoms with van der Waals surface area (Å²) in [6.07, 6.45) is 1.50. The van der Waals surface area contributed by atoms with E-state index in [9.17, 15) is 4.79 Å². The zero-order valence-electron chi connectivity index (χ0n) is 11.5. The maximum atomic E-state index is 12.6. The molecule has 4 nitrogen and oxygen atoms in total. The van der Waals surface area contributed by atoms with Crippen molar-refractivity contribution in [1.82, 2.24) is 4.90 Å². The van der Waals surface area contributed by atoms with Crippen molar-refractivity contribution in [2.75, 3.05) is 5.73 Å². The number of nitrogen functional groups attached to an aromatic ring is 1. The van der Waals surface area contributed by atoms with Crippen molar-refractivity contribution in [1.29, 1.82) is 0 Å². The Morgan fingerprint density at radius 2 is 2.15 bits per heavy atom. The molecule has 0 aliphatic rings. The van der Waals surface area contributed by atoms with Gasteiger partial charge in [-0.15, -0.1) is 0 Å². The lowest BCUT2D eigenvalue weighted by Gasteiger charge is -2.26. The Morgan fingerprint density at radius 1 is 1.40 bits per heavy atom. The van der Waals surface area contributed by atoms with Crippen LogP contribution in [0.5, 0.6) is 0 Å². The Hall–Kier alpha value is -1.75. The number of anilines is 1. The lowest BCUT2D eigenvalue weighted by atomic mass is 10.1. The van der Waals surface area contributed by atoms with Crippen LogP contribution in [0.25, 0.3) is 0 Å². The van der Waals surface area contributed by atoms with Crippen molar-refractivity contribution < 1.29 is 9.21 Å². The first-order chi connectivity index (χ1) is 9.49. The lowest BCUT2D eigenvalue weighted by molar-refractivity contribution is 0.0688. The van der Waals surface area contributed by atoms with Crippen LogP contribution >= 0.6 is 15.9 Å². The molecule has 5 heteroatoms. The van der Waals surface area contributed by atoms with Crippen LogP contribution in [0.4, 0.5) is 5.69 Å². The predicted molar refractivity (Wildman–Crippen MR) is 82.3 cm³/mol. The summed E-state index contributed by atoms with van der Waals surface area (Å²) in [7, 11) is 0. The second-order valence-corrected chi connectivity index (χ2v) is 5.60. The standard InChI is InChI=1S/C15H17BrN2O2/c1-10(2)18(9-11-4-3-5-12(17)8-11)15(19)13-6-7-20-14(13)16/h3-8,10H,9,17H2,1-2H3. The number of rotatable bonds is 4. The zero-order chi connectivity index (χ0) is 14.7. The number of amides is 1. The number of benzene rings is 1. The molecule has 20 heavy (non-hydrogen) atoms. The number of carbonyl (C=O) groups is 1. The summed E-state index contributed by atoms with van der Waals surface area (Å²) in [5.74, 6) is -0.0666. The Balaban J connectivity index is 2.24. The fourth-order valence-corrected chi connectivity index (χ4v) is 2.39. The molecule has 106 valence electrons. The van der Waals surface area contributed by atoms with E-state index in [2.05, 4.69) is 15.9 Å². The van der Waals surface area contributed by atoms with Crippen LogP contribution in [0.15, 0.2) is 45.7 Å². The van der Waals surface area contributed by atoms with Gasteiger partial charge in [-0.05, 0) is 53.5 Å². The molecule has 0 unspecified atom stereocenters. The summed E-state index contributed by atoms with van der Waals surface area (Å²) < 4.78 is 5.59. The third-order valence-electron chi connectivity index (χ3n) is 3.04.